The van der Waals surface area contributed by atoms with Gasteiger partial charge in [0.05, 0.1) is 5.69 Å². The van der Waals surface area contributed by atoms with E-state index in [1.807, 2.05) is 37.7 Å². The molecule has 4 heteroatoms. The second kappa shape index (κ2) is 5.95. The van der Waals surface area contributed by atoms with Gasteiger partial charge in [0.1, 0.15) is 0 Å². The van der Waals surface area contributed by atoms with Gasteiger partial charge in [-0.3, -0.25) is 4.68 Å². The Balaban J connectivity index is 2.25. The predicted octanol–water partition coefficient (Wildman–Crippen LogP) is 3.28. The van der Waals surface area contributed by atoms with Gasteiger partial charge in [0.2, 0.25) is 0 Å². The lowest BCUT2D eigenvalue weighted by molar-refractivity contribution is -0.131. The van der Waals surface area contributed by atoms with Gasteiger partial charge in [0.25, 0.3) is 0 Å². The molecule has 1 N–H and O–H groups in total. The number of aromatic nitrogens is 2. The number of carboxylic acid groups (broad SMARTS) is 1. The van der Waals surface area contributed by atoms with Crippen LogP contribution in [0.15, 0.2) is 35.9 Å². The van der Waals surface area contributed by atoms with E-state index in [0.717, 1.165) is 28.1 Å². The van der Waals surface area contributed by atoms with Crippen LogP contribution in [0.1, 0.15) is 23.9 Å². The van der Waals surface area contributed by atoms with E-state index in [0.29, 0.717) is 6.42 Å². The van der Waals surface area contributed by atoms with E-state index in [-0.39, 0.29) is 0 Å². The molecule has 2 rings (SSSR count). The van der Waals surface area contributed by atoms with Crippen molar-refractivity contribution in [3.8, 4) is 11.1 Å². The third-order valence-electron chi connectivity index (χ3n) is 3.60. The molecule has 4 nitrogen and oxygen atoms in total. The smallest absolute Gasteiger partial charge is 0.328 e. The Kier molecular flexibility index (Phi) is 4.26. The molecule has 0 bridgehead atoms. The van der Waals surface area contributed by atoms with Gasteiger partial charge in [0.15, 0.2) is 0 Å². The first-order chi connectivity index (χ1) is 9.88. The summed E-state index contributed by atoms with van der Waals surface area (Å²) >= 11 is 0. The topological polar surface area (TPSA) is 55.1 Å². The van der Waals surface area contributed by atoms with Gasteiger partial charge in [-0.25, -0.2) is 4.79 Å². The van der Waals surface area contributed by atoms with Crippen LogP contribution in [-0.2, 0) is 18.3 Å². The number of benzene rings is 1. The van der Waals surface area contributed by atoms with Crippen LogP contribution in [0.3, 0.4) is 0 Å². The fourth-order valence-corrected chi connectivity index (χ4v) is 2.56. The highest BCUT2D eigenvalue weighted by molar-refractivity contribution is 5.80. The molecular weight excluding hydrogens is 264 g/mol. The Morgan fingerprint density at radius 1 is 1.29 bits per heavy atom. The zero-order chi connectivity index (χ0) is 15.6. The average Bonchev–Trinajstić information content (AvgIpc) is 2.63. The minimum absolute atomic E-state index is 0.650. The van der Waals surface area contributed by atoms with Crippen molar-refractivity contribution < 1.29 is 9.90 Å². The first-order valence-electron chi connectivity index (χ1n) is 6.88. The molecule has 1 heterocycles. The summed E-state index contributed by atoms with van der Waals surface area (Å²) in [6.07, 6.45) is 1.90. The molecule has 0 aliphatic heterocycles. The van der Waals surface area contributed by atoms with Crippen LogP contribution in [0.4, 0.5) is 0 Å². The van der Waals surface area contributed by atoms with Crippen LogP contribution in [0.5, 0.6) is 0 Å². The van der Waals surface area contributed by atoms with Crippen molar-refractivity contribution in [2.45, 2.75) is 27.2 Å². The van der Waals surface area contributed by atoms with Crippen molar-refractivity contribution in [2.24, 2.45) is 7.05 Å². The molecule has 0 saturated carbocycles. The molecule has 110 valence electrons. The molecule has 2 aromatic rings. The van der Waals surface area contributed by atoms with Crippen LogP contribution in [0, 0.1) is 13.8 Å². The van der Waals surface area contributed by atoms with Crippen molar-refractivity contribution in [2.75, 3.05) is 0 Å². The number of carboxylic acids is 1. The Morgan fingerprint density at radius 2 is 1.90 bits per heavy atom. The van der Waals surface area contributed by atoms with Crippen molar-refractivity contribution in [1.29, 1.82) is 0 Å². The molecule has 0 saturated heterocycles. The number of rotatable bonds is 4. The van der Waals surface area contributed by atoms with Gasteiger partial charge in [-0.1, -0.05) is 29.8 Å². The third kappa shape index (κ3) is 3.40. The highest BCUT2D eigenvalue weighted by Crippen LogP contribution is 2.27. The number of carbonyl (C=O) groups is 1. The van der Waals surface area contributed by atoms with E-state index in [1.54, 1.807) is 0 Å². The summed E-state index contributed by atoms with van der Waals surface area (Å²) < 4.78 is 1.89. The molecule has 21 heavy (non-hydrogen) atoms. The van der Waals surface area contributed by atoms with E-state index < -0.39 is 5.97 Å². The van der Waals surface area contributed by atoms with Crippen LogP contribution < -0.4 is 0 Å². The van der Waals surface area contributed by atoms with Gasteiger partial charge in [-0.2, -0.15) is 5.10 Å². The molecule has 0 spiro atoms. The number of hydrogen-bond acceptors (Lipinski definition) is 2. The van der Waals surface area contributed by atoms with Crippen molar-refractivity contribution in [1.82, 2.24) is 9.78 Å². The Bertz CT molecular complexity index is 694. The molecule has 1 aromatic carbocycles. The zero-order valence-electron chi connectivity index (χ0n) is 12.8. The molecular formula is C17H20N2O2. The second-order valence-electron chi connectivity index (χ2n) is 5.37. The van der Waals surface area contributed by atoms with Gasteiger partial charge >= 0.3 is 5.97 Å². The molecule has 0 fully saturated rings. The second-order valence-corrected chi connectivity index (χ2v) is 5.37. The lowest BCUT2D eigenvalue weighted by Crippen LogP contribution is -1.94. The van der Waals surface area contributed by atoms with E-state index in [2.05, 4.69) is 24.2 Å². The quantitative estimate of drug-likeness (QED) is 0.877. The van der Waals surface area contributed by atoms with Crippen LogP contribution in [0.2, 0.25) is 0 Å². The van der Waals surface area contributed by atoms with Crippen molar-refractivity contribution in [3.05, 3.63) is 52.9 Å². The fraction of sp³-hybridized carbons (Fsp3) is 0.294. The highest BCUT2D eigenvalue weighted by Gasteiger charge is 2.11. The fourth-order valence-electron chi connectivity index (χ4n) is 2.56. The van der Waals surface area contributed by atoms with E-state index in [4.69, 9.17) is 5.11 Å². The predicted molar refractivity (Wildman–Crippen MR) is 83.2 cm³/mol. The van der Waals surface area contributed by atoms with E-state index >= 15 is 0 Å². The van der Waals surface area contributed by atoms with Crippen LogP contribution in [-0.4, -0.2) is 20.9 Å². The van der Waals surface area contributed by atoms with Crippen LogP contribution >= 0.6 is 0 Å². The number of aryl methyl sites for hydroxylation is 2. The largest absolute Gasteiger partial charge is 0.478 e. The maximum Gasteiger partial charge on any atom is 0.328 e. The molecule has 0 radical (unpaired) electrons. The maximum atomic E-state index is 10.6. The summed E-state index contributed by atoms with van der Waals surface area (Å²) in [5.41, 5.74) is 6.41. The number of nitrogens with zero attached hydrogens (tertiary/aromatic N) is 2. The van der Waals surface area contributed by atoms with Crippen molar-refractivity contribution in [3.63, 3.8) is 0 Å². The Morgan fingerprint density at radius 3 is 2.38 bits per heavy atom. The SMILES string of the molecule is C/C(=C\C(=O)O)Cc1ccc(-c2c(C)nn(C)c2C)cc1. The summed E-state index contributed by atoms with van der Waals surface area (Å²) in [5, 5.41) is 13.2. The summed E-state index contributed by atoms with van der Waals surface area (Å²) in [4.78, 5) is 10.6. The first-order valence-corrected chi connectivity index (χ1v) is 6.88. The standard InChI is InChI=1S/C17H20N2O2/c1-11(10-16(20)21)9-14-5-7-15(8-6-14)17-12(2)18-19(4)13(17)3/h5-8,10H,9H2,1-4H3,(H,20,21)/b11-10+. The summed E-state index contributed by atoms with van der Waals surface area (Å²) in [7, 11) is 1.94. The minimum atomic E-state index is -0.897. The monoisotopic (exact) mass is 284 g/mol. The van der Waals surface area contributed by atoms with E-state index in [1.165, 1.54) is 11.6 Å². The Hall–Kier alpha value is -2.36. The normalized spacial score (nSPS) is 11.7. The van der Waals surface area contributed by atoms with Gasteiger partial charge < -0.3 is 5.11 Å². The van der Waals surface area contributed by atoms with Gasteiger partial charge in [0, 0.05) is 24.4 Å². The Labute approximate surface area is 124 Å². The van der Waals surface area contributed by atoms with E-state index in [9.17, 15) is 4.79 Å². The lowest BCUT2D eigenvalue weighted by atomic mass is 9.99. The number of hydrogen-bond donors (Lipinski definition) is 1. The molecule has 0 atom stereocenters. The number of aliphatic carboxylic acids is 1. The third-order valence-corrected chi connectivity index (χ3v) is 3.60. The van der Waals surface area contributed by atoms with Gasteiger partial charge in [-0.05, 0) is 38.3 Å². The highest BCUT2D eigenvalue weighted by atomic mass is 16.4. The molecule has 0 aliphatic carbocycles. The lowest BCUT2D eigenvalue weighted by Gasteiger charge is -2.05. The minimum Gasteiger partial charge on any atom is -0.478 e. The van der Waals surface area contributed by atoms with Crippen LogP contribution in [0.25, 0.3) is 11.1 Å². The van der Waals surface area contributed by atoms with Crippen molar-refractivity contribution >= 4 is 5.97 Å². The zero-order valence-corrected chi connectivity index (χ0v) is 12.8. The summed E-state index contributed by atoms with van der Waals surface area (Å²) in [6, 6.07) is 8.22. The molecule has 0 aliphatic rings. The molecule has 1 aromatic heterocycles. The number of allylic oxidation sites excluding steroid dienone is 1. The average molecular weight is 284 g/mol. The maximum absolute atomic E-state index is 10.6. The summed E-state index contributed by atoms with van der Waals surface area (Å²) in [6.45, 7) is 5.90. The summed E-state index contributed by atoms with van der Waals surface area (Å²) in [5.74, 6) is -0.897. The molecule has 0 unspecified atom stereocenters. The first kappa shape index (κ1) is 15.0. The molecule has 0 amide bonds. The van der Waals surface area contributed by atoms with Gasteiger partial charge in [-0.15, -0.1) is 0 Å².